The second-order valence-corrected chi connectivity index (χ2v) is 5.29. The van der Waals surface area contributed by atoms with Crippen LogP contribution in [0.1, 0.15) is 5.56 Å². The molecule has 0 fully saturated rings. The summed E-state index contributed by atoms with van der Waals surface area (Å²) in [7, 11) is 0. The highest BCUT2D eigenvalue weighted by Crippen LogP contribution is 2.24. The zero-order valence-corrected chi connectivity index (χ0v) is 13.0. The highest BCUT2D eigenvalue weighted by molar-refractivity contribution is 9.10. The Morgan fingerprint density at radius 1 is 1.17 bits per heavy atom. The molecule has 0 atom stereocenters. The van der Waals surface area contributed by atoms with Crippen LogP contribution in [0.4, 0.5) is 17.2 Å². The number of halogens is 1. The van der Waals surface area contributed by atoms with Crippen molar-refractivity contribution >= 4 is 39.0 Å². The molecule has 0 aliphatic heterocycles. The number of hydrogen-bond donors (Lipinski definition) is 1. The lowest BCUT2D eigenvalue weighted by Gasteiger charge is -2.06. The van der Waals surface area contributed by atoms with Gasteiger partial charge in [-0.25, -0.2) is 4.98 Å². The number of carbonyl (C=O) groups excluding carboxylic acids is 1. The van der Waals surface area contributed by atoms with E-state index in [1.54, 1.807) is 12.1 Å². The molecule has 23 heavy (non-hydrogen) atoms. The number of non-ortho nitro benzene ring substituents is 2. The minimum absolute atomic E-state index is 0.162. The van der Waals surface area contributed by atoms with E-state index >= 15 is 0 Å². The van der Waals surface area contributed by atoms with Crippen LogP contribution in [0.5, 0.6) is 0 Å². The van der Waals surface area contributed by atoms with Crippen LogP contribution in [-0.2, 0) is 11.2 Å². The lowest BCUT2D eigenvalue weighted by molar-refractivity contribution is -0.394. The number of benzene rings is 1. The first-order valence-electron chi connectivity index (χ1n) is 6.20. The zero-order chi connectivity index (χ0) is 17.0. The van der Waals surface area contributed by atoms with Gasteiger partial charge in [0.25, 0.3) is 11.4 Å². The minimum atomic E-state index is -0.746. The molecular formula is C13H9BrN4O5. The van der Waals surface area contributed by atoms with Crippen molar-refractivity contribution in [3.8, 4) is 0 Å². The molecule has 1 aromatic heterocycles. The highest BCUT2D eigenvalue weighted by atomic mass is 79.9. The summed E-state index contributed by atoms with van der Waals surface area (Å²) in [5.41, 5.74) is -0.725. The number of hydrogen-bond acceptors (Lipinski definition) is 6. The van der Waals surface area contributed by atoms with Crippen LogP contribution >= 0.6 is 15.9 Å². The molecule has 1 aromatic carbocycles. The van der Waals surface area contributed by atoms with Gasteiger partial charge in [0, 0.05) is 18.3 Å². The maximum atomic E-state index is 12.0. The summed E-state index contributed by atoms with van der Waals surface area (Å²) in [4.78, 5) is 36.1. The van der Waals surface area contributed by atoms with Crippen LogP contribution in [0, 0.1) is 20.2 Å². The topological polar surface area (TPSA) is 128 Å². The first-order chi connectivity index (χ1) is 10.9. The molecule has 0 saturated heterocycles. The number of nitro groups is 2. The van der Waals surface area contributed by atoms with Crippen LogP contribution in [0.2, 0.25) is 0 Å². The third-order valence-electron chi connectivity index (χ3n) is 2.76. The third kappa shape index (κ3) is 4.30. The molecule has 2 aromatic rings. The fourth-order valence-corrected chi connectivity index (χ4v) is 2.16. The molecule has 0 spiro atoms. The van der Waals surface area contributed by atoms with Gasteiger partial charge in [-0.1, -0.05) is 0 Å². The number of carbonyl (C=O) groups is 1. The Morgan fingerprint density at radius 2 is 1.78 bits per heavy atom. The third-order valence-corrected chi connectivity index (χ3v) is 3.40. The van der Waals surface area contributed by atoms with E-state index < -0.39 is 27.1 Å². The first-order valence-corrected chi connectivity index (χ1v) is 6.99. The predicted octanol–water partition coefficient (Wildman–Crippen LogP) is 2.84. The zero-order valence-electron chi connectivity index (χ0n) is 11.4. The molecule has 0 unspecified atom stereocenters. The highest BCUT2D eigenvalue weighted by Gasteiger charge is 2.18. The van der Waals surface area contributed by atoms with E-state index in [1.807, 2.05) is 0 Å². The maximum absolute atomic E-state index is 12.0. The molecular weight excluding hydrogens is 372 g/mol. The van der Waals surface area contributed by atoms with Crippen molar-refractivity contribution in [3.63, 3.8) is 0 Å². The van der Waals surface area contributed by atoms with Gasteiger partial charge in [0.15, 0.2) is 0 Å². The molecule has 2 rings (SSSR count). The summed E-state index contributed by atoms with van der Waals surface area (Å²) in [6, 6.07) is 6.45. The van der Waals surface area contributed by atoms with E-state index in [2.05, 4.69) is 26.2 Å². The Hall–Kier alpha value is -2.88. The normalized spacial score (nSPS) is 10.1. The van der Waals surface area contributed by atoms with Crippen LogP contribution in [0.25, 0.3) is 0 Å². The van der Waals surface area contributed by atoms with Gasteiger partial charge in [0.2, 0.25) is 5.91 Å². The maximum Gasteiger partial charge on any atom is 0.276 e. The molecule has 9 nitrogen and oxygen atoms in total. The van der Waals surface area contributed by atoms with Gasteiger partial charge < -0.3 is 5.32 Å². The number of rotatable bonds is 5. The minimum Gasteiger partial charge on any atom is -0.309 e. The molecule has 0 bridgehead atoms. The van der Waals surface area contributed by atoms with E-state index in [4.69, 9.17) is 0 Å². The molecule has 1 heterocycles. The van der Waals surface area contributed by atoms with Crippen LogP contribution in [0.15, 0.2) is 41.0 Å². The SMILES string of the molecule is O=C(Cc1cc([N+](=O)[O-])cc([N+](=O)[O-])c1)Nc1ncccc1Br. The van der Waals surface area contributed by atoms with Crippen molar-refractivity contribution in [1.82, 2.24) is 4.98 Å². The van der Waals surface area contributed by atoms with Crippen molar-refractivity contribution in [3.05, 3.63) is 66.8 Å². The van der Waals surface area contributed by atoms with E-state index in [0.717, 1.165) is 18.2 Å². The van der Waals surface area contributed by atoms with Gasteiger partial charge >= 0.3 is 0 Å². The lowest BCUT2D eigenvalue weighted by Crippen LogP contribution is -2.15. The van der Waals surface area contributed by atoms with Crippen molar-refractivity contribution in [1.29, 1.82) is 0 Å². The summed E-state index contributed by atoms with van der Waals surface area (Å²) in [5, 5.41) is 24.2. The van der Waals surface area contributed by atoms with Crippen LogP contribution in [0.3, 0.4) is 0 Å². The lowest BCUT2D eigenvalue weighted by atomic mass is 10.1. The first kappa shape index (κ1) is 16.5. The molecule has 0 aliphatic rings. The molecule has 118 valence electrons. The number of nitrogens with zero attached hydrogens (tertiary/aromatic N) is 3. The molecule has 10 heteroatoms. The fourth-order valence-electron chi connectivity index (χ4n) is 1.81. The van der Waals surface area contributed by atoms with E-state index in [0.29, 0.717) is 4.47 Å². The second-order valence-electron chi connectivity index (χ2n) is 4.43. The molecule has 1 N–H and O–H groups in total. The number of nitro benzene ring substituents is 2. The Kier molecular flexibility index (Phi) is 4.96. The number of aromatic nitrogens is 1. The van der Waals surface area contributed by atoms with Gasteiger partial charge in [-0.3, -0.25) is 25.0 Å². The standard InChI is InChI=1S/C13H9BrN4O5/c14-11-2-1-3-15-13(11)16-12(19)6-8-4-9(17(20)21)7-10(5-8)18(22)23/h1-5,7H,6H2,(H,15,16,19). The number of nitrogens with one attached hydrogen (secondary N) is 1. The summed E-state index contributed by atoms with van der Waals surface area (Å²) in [6.45, 7) is 0. The Labute approximate surface area is 137 Å². The second kappa shape index (κ2) is 6.92. The van der Waals surface area contributed by atoms with E-state index in [-0.39, 0.29) is 17.8 Å². The average Bonchev–Trinajstić information content (AvgIpc) is 2.49. The van der Waals surface area contributed by atoms with E-state index in [1.165, 1.54) is 6.20 Å². The molecule has 1 amide bonds. The van der Waals surface area contributed by atoms with Gasteiger partial charge in [0.05, 0.1) is 26.8 Å². The smallest absolute Gasteiger partial charge is 0.276 e. The van der Waals surface area contributed by atoms with Gasteiger partial charge in [-0.05, 0) is 33.6 Å². The van der Waals surface area contributed by atoms with Crippen molar-refractivity contribution < 1.29 is 14.6 Å². The Bertz CT molecular complexity index is 763. The van der Waals surface area contributed by atoms with Gasteiger partial charge in [0.1, 0.15) is 5.82 Å². The summed E-state index contributed by atoms with van der Waals surface area (Å²) >= 11 is 3.22. The number of anilines is 1. The van der Waals surface area contributed by atoms with Crippen LogP contribution in [-0.4, -0.2) is 20.7 Å². The summed E-state index contributed by atoms with van der Waals surface area (Å²) in [5.74, 6) is -0.211. The van der Waals surface area contributed by atoms with E-state index in [9.17, 15) is 25.0 Å². The molecule has 0 radical (unpaired) electrons. The average molecular weight is 381 g/mol. The largest absolute Gasteiger partial charge is 0.309 e. The van der Waals surface area contributed by atoms with Gasteiger partial charge in [-0.15, -0.1) is 0 Å². The predicted molar refractivity (Wildman–Crippen MR) is 84.0 cm³/mol. The fraction of sp³-hybridized carbons (Fsp3) is 0.0769. The Morgan fingerprint density at radius 3 is 2.30 bits per heavy atom. The van der Waals surface area contributed by atoms with Crippen LogP contribution < -0.4 is 5.32 Å². The Balaban J connectivity index is 2.22. The van der Waals surface area contributed by atoms with Crippen molar-refractivity contribution in [2.75, 3.05) is 5.32 Å². The molecule has 0 aliphatic carbocycles. The van der Waals surface area contributed by atoms with Gasteiger partial charge in [-0.2, -0.15) is 0 Å². The number of amides is 1. The quantitative estimate of drug-likeness (QED) is 0.626. The van der Waals surface area contributed by atoms with Crippen molar-refractivity contribution in [2.24, 2.45) is 0 Å². The molecule has 0 saturated carbocycles. The monoisotopic (exact) mass is 380 g/mol. The summed E-state index contributed by atoms with van der Waals surface area (Å²) in [6.07, 6.45) is 1.23. The van der Waals surface area contributed by atoms with Crippen molar-refractivity contribution in [2.45, 2.75) is 6.42 Å². The number of pyridine rings is 1. The summed E-state index contributed by atoms with van der Waals surface area (Å²) < 4.78 is 0.568.